The molecule has 0 unspecified atom stereocenters. The molecule has 9 nitrogen and oxygen atoms in total. The van der Waals surface area contributed by atoms with Crippen LogP contribution in [0.15, 0.2) is 0 Å². The molecule has 1 atom stereocenters. The van der Waals surface area contributed by atoms with Gasteiger partial charge in [0.1, 0.15) is 6.04 Å². The van der Waals surface area contributed by atoms with Gasteiger partial charge in [-0.15, -0.1) is 0 Å². The van der Waals surface area contributed by atoms with Crippen molar-refractivity contribution in [1.29, 1.82) is 0 Å². The summed E-state index contributed by atoms with van der Waals surface area (Å²) in [5.74, 6) is -3.86. The van der Waals surface area contributed by atoms with Gasteiger partial charge in [0.2, 0.25) is 0 Å². The van der Waals surface area contributed by atoms with Crippen molar-refractivity contribution in [1.82, 2.24) is 0 Å². The molecule has 0 radical (unpaired) electrons. The van der Waals surface area contributed by atoms with Crippen LogP contribution < -0.4 is 124 Å². The number of aliphatic carboxylic acids is 4. The van der Waals surface area contributed by atoms with Crippen molar-refractivity contribution in [2.45, 2.75) is 32.7 Å². The van der Waals surface area contributed by atoms with E-state index in [0.29, 0.717) is 0 Å². The average Bonchev–Trinajstić information content (AvgIpc) is 2.11. The third-order valence-corrected chi connectivity index (χ3v) is 0.986. The molecule has 0 bridgehead atoms. The van der Waals surface area contributed by atoms with Crippen molar-refractivity contribution in [2.75, 3.05) is 0 Å². The number of hydrogen-bond donors (Lipinski definition) is 5. The summed E-state index contributed by atoms with van der Waals surface area (Å²) < 4.78 is 0. The zero-order valence-corrected chi connectivity index (χ0v) is 22.0. The molecular weight excluding hydrogens is 342 g/mol. The van der Waals surface area contributed by atoms with Crippen molar-refractivity contribution < 1.29 is 164 Å². The molecule has 6 N–H and O–H groups in total. The quantitative estimate of drug-likeness (QED) is 0.304. The number of carboxylic acids is 4. The van der Waals surface area contributed by atoms with Crippen LogP contribution in [0.3, 0.4) is 0 Å². The van der Waals surface area contributed by atoms with E-state index < -0.39 is 29.9 Å². The van der Waals surface area contributed by atoms with E-state index in [2.05, 4.69) is 0 Å². The zero-order chi connectivity index (χ0) is 15.3. The van der Waals surface area contributed by atoms with E-state index in [4.69, 9.17) is 35.7 Å². The zero-order valence-electron chi connectivity index (χ0n) is 18.0. The second-order valence-electron chi connectivity index (χ2n) is 2.92. The van der Waals surface area contributed by atoms with Gasteiger partial charge in [-0.05, 0) is 6.42 Å². The molecule has 0 aromatic carbocycles. The van der Waals surface area contributed by atoms with E-state index in [-0.39, 0.29) is 137 Å². The summed E-state index contributed by atoms with van der Waals surface area (Å²) in [6, 6.07) is -1.06. The van der Waals surface area contributed by atoms with Gasteiger partial charge in [0, 0.05) is 20.3 Å². The first-order valence-electron chi connectivity index (χ1n) is 4.59. The summed E-state index contributed by atoms with van der Waals surface area (Å²) in [6.07, 6.45) is -0.224. The maximum atomic E-state index is 9.99. The maximum absolute atomic E-state index is 9.99. The SMILES string of the molecule is CC(=O)O.CC(=O)O.N[C@@H](CCC(=O)O)C(=O)O.[H-].[H-].[H-].[H-].[Na+].[Na+].[Na+].[Na+]. The van der Waals surface area contributed by atoms with Gasteiger partial charge in [-0.2, -0.15) is 0 Å². The molecule has 22 heavy (non-hydrogen) atoms. The Labute approximate surface area is 222 Å². The van der Waals surface area contributed by atoms with Gasteiger partial charge in [-0.25, -0.2) is 0 Å². The third-order valence-electron chi connectivity index (χ3n) is 0.986. The second kappa shape index (κ2) is 30.7. The largest absolute Gasteiger partial charge is 1.00 e. The van der Waals surface area contributed by atoms with Crippen LogP contribution in [0.4, 0.5) is 0 Å². The fourth-order valence-corrected chi connectivity index (χ4v) is 0.402. The minimum Gasteiger partial charge on any atom is -1.00 e. The second-order valence-corrected chi connectivity index (χ2v) is 2.92. The molecule has 0 aromatic rings. The van der Waals surface area contributed by atoms with E-state index >= 15 is 0 Å². The summed E-state index contributed by atoms with van der Waals surface area (Å²) in [5.41, 5.74) is 5.00. The number of hydrogen-bond acceptors (Lipinski definition) is 5. The van der Waals surface area contributed by atoms with E-state index in [1.807, 2.05) is 0 Å². The van der Waals surface area contributed by atoms with Crippen LogP contribution >= 0.6 is 0 Å². The Balaban J connectivity index is -0.0000000139. The molecule has 0 amide bonds. The van der Waals surface area contributed by atoms with Gasteiger partial charge < -0.3 is 31.9 Å². The van der Waals surface area contributed by atoms with Gasteiger partial charge in [-0.1, -0.05) is 0 Å². The molecule has 0 aliphatic carbocycles. The Kier molecular flexibility index (Phi) is 61.2. The molecular formula is C9H21NNa4O8. The minimum atomic E-state index is -1.17. The van der Waals surface area contributed by atoms with Crippen molar-refractivity contribution in [3.8, 4) is 0 Å². The summed E-state index contributed by atoms with van der Waals surface area (Å²) in [6.45, 7) is 2.17. The van der Waals surface area contributed by atoms with Crippen molar-refractivity contribution in [3.63, 3.8) is 0 Å². The molecule has 0 heterocycles. The van der Waals surface area contributed by atoms with Gasteiger partial charge in [0.25, 0.3) is 11.9 Å². The predicted octanol–water partition coefficient (Wildman–Crippen LogP) is -12.1. The molecule has 0 saturated heterocycles. The van der Waals surface area contributed by atoms with E-state index in [1.165, 1.54) is 0 Å². The molecule has 0 fully saturated rings. The van der Waals surface area contributed by atoms with Gasteiger partial charge in [0.05, 0.1) is 0 Å². The molecule has 114 valence electrons. The van der Waals surface area contributed by atoms with Gasteiger partial charge in [-0.3, -0.25) is 19.2 Å². The average molecular weight is 363 g/mol. The van der Waals surface area contributed by atoms with Crippen molar-refractivity contribution >= 4 is 23.9 Å². The van der Waals surface area contributed by atoms with Crippen LogP contribution in [0.25, 0.3) is 0 Å². The maximum Gasteiger partial charge on any atom is 1.00 e. The predicted molar refractivity (Wildman–Crippen MR) is 63.5 cm³/mol. The van der Waals surface area contributed by atoms with Crippen LogP contribution in [0.5, 0.6) is 0 Å². The van der Waals surface area contributed by atoms with Crippen LogP contribution in [-0.4, -0.2) is 50.3 Å². The van der Waals surface area contributed by atoms with Gasteiger partial charge in [0.15, 0.2) is 0 Å². The van der Waals surface area contributed by atoms with E-state index in [9.17, 15) is 9.59 Å². The molecule has 0 aliphatic rings. The van der Waals surface area contributed by atoms with Crippen molar-refractivity contribution in [2.24, 2.45) is 5.73 Å². The summed E-state index contributed by atoms with van der Waals surface area (Å²) in [7, 11) is 0. The third kappa shape index (κ3) is 80.7. The number of carbonyl (C=O) groups is 4. The molecule has 0 rings (SSSR count). The van der Waals surface area contributed by atoms with Gasteiger partial charge >= 0.3 is 130 Å². The topological polar surface area (TPSA) is 175 Å². The Morgan fingerprint density at radius 1 is 0.864 bits per heavy atom. The summed E-state index contributed by atoms with van der Waals surface area (Å²) >= 11 is 0. The first kappa shape index (κ1) is 43.9. The summed E-state index contributed by atoms with van der Waals surface area (Å²) in [4.78, 5) is 37.9. The molecule has 13 heteroatoms. The fraction of sp³-hybridized carbons (Fsp3) is 0.556. The Morgan fingerprint density at radius 3 is 1.23 bits per heavy atom. The Morgan fingerprint density at radius 2 is 1.09 bits per heavy atom. The molecule has 0 aliphatic heterocycles. The smallest absolute Gasteiger partial charge is 1.00 e. The molecule has 0 aromatic heterocycles. The van der Waals surface area contributed by atoms with Crippen molar-refractivity contribution in [3.05, 3.63) is 0 Å². The normalized spacial score (nSPS) is 7.95. The first-order valence-corrected chi connectivity index (χ1v) is 4.59. The number of nitrogens with two attached hydrogens (primary N) is 1. The minimum absolute atomic E-state index is 0. The number of rotatable bonds is 4. The monoisotopic (exact) mass is 363 g/mol. The fourth-order valence-electron chi connectivity index (χ4n) is 0.402. The summed E-state index contributed by atoms with van der Waals surface area (Å²) in [5, 5.41) is 31.1. The number of carboxylic acid groups (broad SMARTS) is 4. The standard InChI is InChI=1S/C5H9NO4.2C2H4O2.4Na.4H/c6-3(5(9)10)1-2-4(7)8;2*1-2(3)4;;;;;;;;/h3H,1-2,6H2,(H,7,8)(H,9,10);2*1H3,(H,3,4);;;;;;;;/q;;;4*+1;4*-1/t3-;;;;;;;;;;/m0........../s1. The first-order chi connectivity index (χ1) is 8.00. The molecule has 0 saturated carbocycles. The van der Waals surface area contributed by atoms with Crippen LogP contribution in [0, 0.1) is 0 Å². The Hall–Kier alpha value is 1.84. The van der Waals surface area contributed by atoms with Crippen LogP contribution in [0.2, 0.25) is 0 Å². The van der Waals surface area contributed by atoms with E-state index in [1.54, 1.807) is 0 Å². The van der Waals surface area contributed by atoms with Crippen LogP contribution in [-0.2, 0) is 19.2 Å². The Bertz CT molecular complexity index is 299. The van der Waals surface area contributed by atoms with Crippen LogP contribution in [0.1, 0.15) is 32.4 Å². The molecule has 0 spiro atoms. The van der Waals surface area contributed by atoms with E-state index in [0.717, 1.165) is 13.8 Å².